The largest absolute Gasteiger partial charge is 0.492 e. The molecule has 0 aliphatic heterocycles. The van der Waals surface area contributed by atoms with Crippen LogP contribution in [-0.2, 0) is 18.3 Å². The van der Waals surface area contributed by atoms with E-state index in [1.807, 2.05) is 49.8 Å². The lowest BCUT2D eigenvalue weighted by Gasteiger charge is -2.08. The summed E-state index contributed by atoms with van der Waals surface area (Å²) in [5, 5.41) is 7.26. The van der Waals surface area contributed by atoms with Crippen LogP contribution in [0.1, 0.15) is 23.4 Å². The van der Waals surface area contributed by atoms with Crippen molar-refractivity contribution in [2.24, 2.45) is 12.8 Å². The number of nitrogens with two attached hydrogens (primary N) is 1. The van der Waals surface area contributed by atoms with Crippen molar-refractivity contribution in [3.63, 3.8) is 0 Å². The molecular formula is C17H25ClN4O2. The van der Waals surface area contributed by atoms with Crippen LogP contribution in [0, 0.1) is 13.8 Å². The molecule has 0 spiro atoms. The molecule has 0 unspecified atom stereocenters. The van der Waals surface area contributed by atoms with E-state index in [1.165, 1.54) is 0 Å². The number of hydrogen-bond donors (Lipinski definition) is 2. The molecule has 7 heteroatoms. The quantitative estimate of drug-likeness (QED) is 0.801. The Hall–Kier alpha value is -2.05. The topological polar surface area (TPSA) is 82.2 Å². The van der Waals surface area contributed by atoms with E-state index in [1.54, 1.807) is 0 Å². The Balaban J connectivity index is 0.00000288. The van der Waals surface area contributed by atoms with Crippen LogP contribution in [0.4, 0.5) is 5.69 Å². The number of nitrogens with one attached hydrogen (secondary N) is 1. The first kappa shape index (κ1) is 20.0. The standard InChI is InChI=1S/C17H24N4O2.ClH/c1-12-16(13(2)21(3)20-12)8-9-17(22)19-14-4-6-15(7-5-14)23-11-10-18;/h4-7H,8-11,18H2,1-3H3,(H,19,22);1H. The highest BCUT2D eigenvalue weighted by atomic mass is 35.5. The van der Waals surface area contributed by atoms with Crippen molar-refractivity contribution in [2.45, 2.75) is 26.7 Å². The predicted molar refractivity (Wildman–Crippen MR) is 97.9 cm³/mol. The average Bonchev–Trinajstić information content (AvgIpc) is 2.77. The molecule has 0 radical (unpaired) electrons. The van der Waals surface area contributed by atoms with Gasteiger partial charge in [0.1, 0.15) is 12.4 Å². The Morgan fingerprint density at radius 3 is 2.50 bits per heavy atom. The number of aryl methyl sites for hydroxylation is 2. The summed E-state index contributed by atoms with van der Waals surface area (Å²) in [4.78, 5) is 12.1. The Bertz CT molecular complexity index is 668. The van der Waals surface area contributed by atoms with E-state index in [2.05, 4.69) is 10.4 Å². The second kappa shape index (κ2) is 9.30. The van der Waals surface area contributed by atoms with E-state index in [0.717, 1.165) is 28.4 Å². The lowest BCUT2D eigenvalue weighted by molar-refractivity contribution is -0.116. The monoisotopic (exact) mass is 352 g/mol. The molecule has 0 aliphatic carbocycles. The zero-order valence-corrected chi connectivity index (χ0v) is 15.2. The van der Waals surface area contributed by atoms with Gasteiger partial charge in [-0.25, -0.2) is 0 Å². The SMILES string of the molecule is Cc1nn(C)c(C)c1CCC(=O)Nc1ccc(OCCN)cc1.Cl. The number of aromatic nitrogens is 2. The molecule has 0 saturated carbocycles. The number of anilines is 1. The van der Waals surface area contributed by atoms with Gasteiger partial charge in [0.25, 0.3) is 0 Å². The van der Waals surface area contributed by atoms with Crippen molar-refractivity contribution in [3.8, 4) is 5.75 Å². The minimum absolute atomic E-state index is 0. The third-order valence-corrected chi connectivity index (χ3v) is 3.79. The first-order valence-electron chi connectivity index (χ1n) is 7.73. The number of carbonyl (C=O) groups excluding carboxylic acids is 1. The van der Waals surface area contributed by atoms with E-state index in [0.29, 0.717) is 26.0 Å². The van der Waals surface area contributed by atoms with Crippen LogP contribution in [0.5, 0.6) is 5.75 Å². The molecule has 1 aromatic carbocycles. The van der Waals surface area contributed by atoms with E-state index < -0.39 is 0 Å². The lowest BCUT2D eigenvalue weighted by atomic mass is 10.1. The molecule has 0 aliphatic rings. The number of benzene rings is 1. The van der Waals surface area contributed by atoms with Crippen molar-refractivity contribution in [1.29, 1.82) is 0 Å². The third-order valence-electron chi connectivity index (χ3n) is 3.79. The first-order valence-corrected chi connectivity index (χ1v) is 7.73. The number of carbonyl (C=O) groups is 1. The van der Waals surface area contributed by atoms with Crippen LogP contribution < -0.4 is 15.8 Å². The molecular weight excluding hydrogens is 328 g/mol. The molecule has 0 bridgehead atoms. The Morgan fingerprint density at radius 1 is 1.29 bits per heavy atom. The van der Waals surface area contributed by atoms with Gasteiger partial charge in [0, 0.05) is 31.4 Å². The van der Waals surface area contributed by atoms with Gasteiger partial charge in [-0.1, -0.05) is 0 Å². The zero-order chi connectivity index (χ0) is 16.8. The van der Waals surface area contributed by atoms with E-state index in [9.17, 15) is 4.79 Å². The van der Waals surface area contributed by atoms with Gasteiger partial charge in [-0.2, -0.15) is 5.10 Å². The summed E-state index contributed by atoms with van der Waals surface area (Å²) in [7, 11) is 1.92. The molecule has 0 fully saturated rings. The highest BCUT2D eigenvalue weighted by Crippen LogP contribution is 2.17. The van der Waals surface area contributed by atoms with Crippen LogP contribution in [0.15, 0.2) is 24.3 Å². The average molecular weight is 353 g/mol. The van der Waals surface area contributed by atoms with E-state index in [4.69, 9.17) is 10.5 Å². The highest BCUT2D eigenvalue weighted by molar-refractivity contribution is 5.90. The molecule has 3 N–H and O–H groups in total. The zero-order valence-electron chi connectivity index (χ0n) is 14.3. The maximum atomic E-state index is 12.1. The Kier molecular flexibility index (Phi) is 7.74. The molecule has 2 rings (SSSR count). The van der Waals surface area contributed by atoms with Gasteiger partial charge in [0.2, 0.25) is 5.91 Å². The van der Waals surface area contributed by atoms with Crippen molar-refractivity contribution in [3.05, 3.63) is 41.2 Å². The van der Waals surface area contributed by atoms with Gasteiger partial charge in [-0.3, -0.25) is 9.48 Å². The van der Waals surface area contributed by atoms with Gasteiger partial charge in [0.05, 0.1) is 5.69 Å². The molecule has 2 aromatic rings. The second-order valence-electron chi connectivity index (χ2n) is 5.48. The Morgan fingerprint density at radius 2 is 1.96 bits per heavy atom. The van der Waals surface area contributed by atoms with Crippen LogP contribution in [-0.4, -0.2) is 28.8 Å². The van der Waals surface area contributed by atoms with Crippen LogP contribution in [0.2, 0.25) is 0 Å². The van der Waals surface area contributed by atoms with Gasteiger partial charge in [-0.15, -0.1) is 12.4 Å². The number of amides is 1. The maximum Gasteiger partial charge on any atom is 0.224 e. The highest BCUT2D eigenvalue weighted by Gasteiger charge is 2.11. The van der Waals surface area contributed by atoms with Gasteiger partial charge in [0.15, 0.2) is 0 Å². The molecule has 0 atom stereocenters. The lowest BCUT2D eigenvalue weighted by Crippen LogP contribution is -2.13. The van der Waals surface area contributed by atoms with Gasteiger partial charge in [-0.05, 0) is 50.1 Å². The van der Waals surface area contributed by atoms with Crippen LogP contribution >= 0.6 is 12.4 Å². The summed E-state index contributed by atoms with van der Waals surface area (Å²) in [5.41, 5.74) is 9.39. The molecule has 1 amide bonds. The number of ether oxygens (including phenoxy) is 1. The van der Waals surface area contributed by atoms with E-state index >= 15 is 0 Å². The summed E-state index contributed by atoms with van der Waals surface area (Å²) in [6, 6.07) is 7.29. The van der Waals surface area contributed by atoms with Crippen molar-refractivity contribution in [1.82, 2.24) is 9.78 Å². The summed E-state index contributed by atoms with van der Waals surface area (Å²) >= 11 is 0. The first-order chi connectivity index (χ1) is 11.0. The smallest absolute Gasteiger partial charge is 0.224 e. The summed E-state index contributed by atoms with van der Waals surface area (Å²) in [5.74, 6) is 0.735. The number of halogens is 1. The summed E-state index contributed by atoms with van der Waals surface area (Å²) < 4.78 is 7.25. The molecule has 1 heterocycles. The number of rotatable bonds is 7. The molecule has 24 heavy (non-hydrogen) atoms. The molecule has 6 nitrogen and oxygen atoms in total. The fourth-order valence-electron chi connectivity index (χ4n) is 2.45. The summed E-state index contributed by atoms with van der Waals surface area (Å²) in [6.07, 6.45) is 1.12. The van der Waals surface area contributed by atoms with Crippen LogP contribution in [0.3, 0.4) is 0 Å². The predicted octanol–water partition coefficient (Wildman–Crippen LogP) is 2.37. The normalized spacial score (nSPS) is 10.2. The maximum absolute atomic E-state index is 12.1. The van der Waals surface area contributed by atoms with Crippen molar-refractivity contribution in [2.75, 3.05) is 18.5 Å². The third kappa shape index (κ3) is 5.25. The molecule has 1 aromatic heterocycles. The van der Waals surface area contributed by atoms with Crippen molar-refractivity contribution >= 4 is 24.0 Å². The Labute approximate surface area is 148 Å². The molecule has 0 saturated heterocycles. The van der Waals surface area contributed by atoms with Crippen LogP contribution in [0.25, 0.3) is 0 Å². The van der Waals surface area contributed by atoms with Crippen molar-refractivity contribution < 1.29 is 9.53 Å². The minimum Gasteiger partial charge on any atom is -0.492 e. The van der Waals surface area contributed by atoms with Gasteiger partial charge < -0.3 is 15.8 Å². The number of hydrogen-bond acceptors (Lipinski definition) is 4. The summed E-state index contributed by atoms with van der Waals surface area (Å²) in [6.45, 7) is 4.95. The molecule has 132 valence electrons. The fraction of sp³-hybridized carbons (Fsp3) is 0.412. The fourth-order valence-corrected chi connectivity index (χ4v) is 2.45. The van der Waals surface area contributed by atoms with E-state index in [-0.39, 0.29) is 18.3 Å². The van der Waals surface area contributed by atoms with Gasteiger partial charge >= 0.3 is 0 Å². The second-order valence-corrected chi connectivity index (χ2v) is 5.48. The number of nitrogens with zero attached hydrogens (tertiary/aromatic N) is 2. The minimum atomic E-state index is -0.0109.